The lowest BCUT2D eigenvalue weighted by Crippen LogP contribution is -2.52. The third kappa shape index (κ3) is 4.01. The van der Waals surface area contributed by atoms with Gasteiger partial charge in [-0.05, 0) is 74.5 Å². The predicted molar refractivity (Wildman–Crippen MR) is 130 cm³/mol. The Morgan fingerprint density at radius 1 is 0.939 bits per heavy atom. The van der Waals surface area contributed by atoms with E-state index in [1.54, 1.807) is 6.92 Å². The molecule has 5 rings (SSSR count). The summed E-state index contributed by atoms with van der Waals surface area (Å²) in [6.45, 7) is 7.79. The zero-order valence-electron chi connectivity index (χ0n) is 19.6. The highest BCUT2D eigenvalue weighted by Crippen LogP contribution is 2.48. The smallest absolute Gasteiger partial charge is 0.407 e. The van der Waals surface area contributed by atoms with Crippen LogP contribution in [0.25, 0.3) is 11.1 Å². The molecular weight excluding hydrogens is 414 g/mol. The minimum atomic E-state index is -0.803. The lowest BCUT2D eigenvalue weighted by atomic mass is 9.73. The fraction of sp³-hybridized carbons (Fsp3) is 0.481. The van der Waals surface area contributed by atoms with Crippen molar-refractivity contribution in [3.63, 3.8) is 0 Å². The molecule has 33 heavy (non-hydrogen) atoms. The number of amides is 2. The molecular formula is C27H33N3O3. The number of fused-ring (bicyclic) bond motifs is 2. The van der Waals surface area contributed by atoms with Gasteiger partial charge in [0.2, 0.25) is 5.91 Å². The van der Waals surface area contributed by atoms with Gasteiger partial charge in [-0.1, -0.05) is 35.9 Å². The van der Waals surface area contributed by atoms with E-state index in [4.69, 9.17) is 0 Å². The first kappa shape index (κ1) is 22.0. The number of hydrogen-bond donors (Lipinski definition) is 1. The van der Waals surface area contributed by atoms with E-state index in [0.29, 0.717) is 19.1 Å². The van der Waals surface area contributed by atoms with Crippen molar-refractivity contribution in [1.82, 2.24) is 9.80 Å². The molecule has 1 N–H and O–H groups in total. The van der Waals surface area contributed by atoms with Gasteiger partial charge in [0.15, 0.2) is 0 Å². The maximum Gasteiger partial charge on any atom is 0.407 e. The Morgan fingerprint density at radius 2 is 1.58 bits per heavy atom. The van der Waals surface area contributed by atoms with E-state index < -0.39 is 6.09 Å². The summed E-state index contributed by atoms with van der Waals surface area (Å²) in [6, 6.07) is 15.7. The summed E-state index contributed by atoms with van der Waals surface area (Å²) in [5.41, 5.74) is 6.06. The number of benzene rings is 2. The lowest BCUT2D eigenvalue weighted by Gasteiger charge is -2.45. The van der Waals surface area contributed by atoms with E-state index in [-0.39, 0.29) is 11.3 Å². The summed E-state index contributed by atoms with van der Waals surface area (Å²) in [4.78, 5) is 29.8. The fourth-order valence-electron chi connectivity index (χ4n) is 6.04. The number of rotatable bonds is 2. The van der Waals surface area contributed by atoms with Crippen molar-refractivity contribution in [3.8, 4) is 11.1 Å². The van der Waals surface area contributed by atoms with Crippen LogP contribution >= 0.6 is 0 Å². The number of aryl methyl sites for hydroxylation is 1. The van der Waals surface area contributed by atoms with Crippen molar-refractivity contribution in [2.45, 2.75) is 51.0 Å². The van der Waals surface area contributed by atoms with Gasteiger partial charge in [-0.3, -0.25) is 4.79 Å². The van der Waals surface area contributed by atoms with Crippen LogP contribution in [0.2, 0.25) is 0 Å². The van der Waals surface area contributed by atoms with Gasteiger partial charge in [0.1, 0.15) is 0 Å². The topological polar surface area (TPSA) is 64.1 Å². The van der Waals surface area contributed by atoms with Gasteiger partial charge in [-0.25, -0.2) is 4.79 Å². The second kappa shape index (κ2) is 8.49. The molecule has 0 aromatic heterocycles. The number of carboxylic acid groups (broad SMARTS) is 1. The number of nitrogens with zero attached hydrogens (tertiary/aromatic N) is 3. The average Bonchev–Trinajstić information content (AvgIpc) is 3.14. The van der Waals surface area contributed by atoms with E-state index in [1.807, 2.05) is 4.90 Å². The van der Waals surface area contributed by atoms with Crippen LogP contribution in [0.5, 0.6) is 0 Å². The molecule has 174 valence electrons. The summed E-state index contributed by atoms with van der Waals surface area (Å²) in [7, 11) is 0. The second-order valence-corrected chi connectivity index (χ2v) is 10.0. The molecule has 6 heteroatoms. The van der Waals surface area contributed by atoms with Gasteiger partial charge in [0, 0.05) is 43.7 Å². The van der Waals surface area contributed by atoms with Crippen LogP contribution in [0.3, 0.4) is 0 Å². The molecule has 2 aromatic carbocycles. The normalized spacial score (nSPS) is 20.8. The van der Waals surface area contributed by atoms with Gasteiger partial charge >= 0.3 is 6.09 Å². The first-order valence-electron chi connectivity index (χ1n) is 12.1. The molecule has 6 nitrogen and oxygen atoms in total. The Kier molecular flexibility index (Phi) is 5.65. The standard InChI is InChI=1S/C27H33N3O3/c1-19-3-5-21(6-4-19)22-7-8-25-24(17-22)27(18-30(25)20(2)31)11-15-28(16-12-27)23-9-13-29(14-10-23)26(32)33/h3-8,17,23H,9-16,18H2,1-2H3,(H,32,33). The van der Waals surface area contributed by atoms with Crippen molar-refractivity contribution >= 4 is 17.7 Å². The van der Waals surface area contributed by atoms with Crippen LogP contribution in [-0.4, -0.2) is 65.7 Å². The molecule has 3 aliphatic rings. The van der Waals surface area contributed by atoms with Crippen LogP contribution in [0, 0.1) is 6.92 Å². The van der Waals surface area contributed by atoms with Crippen LogP contribution in [0.4, 0.5) is 10.5 Å². The maximum atomic E-state index is 12.5. The predicted octanol–water partition coefficient (Wildman–Crippen LogP) is 4.50. The van der Waals surface area contributed by atoms with Crippen LogP contribution in [0.1, 0.15) is 43.7 Å². The summed E-state index contributed by atoms with van der Waals surface area (Å²) in [5.74, 6) is 0.111. The number of carbonyl (C=O) groups excluding carboxylic acids is 1. The molecule has 3 aliphatic heterocycles. The quantitative estimate of drug-likeness (QED) is 0.736. The molecule has 0 radical (unpaired) electrons. The Bertz CT molecular complexity index is 1050. The minimum absolute atomic E-state index is 0.0000229. The lowest BCUT2D eigenvalue weighted by molar-refractivity contribution is -0.116. The SMILES string of the molecule is CC(=O)N1CC2(CCN(C3CCN(C(=O)O)CC3)CC2)c2cc(-c3ccc(C)cc3)ccc21. The van der Waals surface area contributed by atoms with Crippen LogP contribution in [-0.2, 0) is 10.2 Å². The zero-order chi connectivity index (χ0) is 23.2. The first-order chi connectivity index (χ1) is 15.9. The second-order valence-electron chi connectivity index (χ2n) is 10.0. The Labute approximate surface area is 195 Å². The van der Waals surface area contributed by atoms with Gasteiger partial charge in [-0.15, -0.1) is 0 Å². The zero-order valence-corrected chi connectivity index (χ0v) is 19.6. The minimum Gasteiger partial charge on any atom is -0.465 e. The van der Waals surface area contributed by atoms with Gasteiger partial charge in [-0.2, -0.15) is 0 Å². The fourth-order valence-corrected chi connectivity index (χ4v) is 6.04. The van der Waals surface area contributed by atoms with E-state index >= 15 is 0 Å². The molecule has 0 atom stereocenters. The molecule has 0 saturated carbocycles. The molecule has 2 saturated heterocycles. The molecule has 2 aromatic rings. The van der Waals surface area contributed by atoms with Crippen LogP contribution < -0.4 is 4.90 Å². The van der Waals surface area contributed by atoms with Gasteiger partial charge in [0.25, 0.3) is 0 Å². The van der Waals surface area contributed by atoms with Gasteiger partial charge < -0.3 is 19.8 Å². The Morgan fingerprint density at radius 3 is 2.18 bits per heavy atom. The molecule has 2 fully saturated rings. The molecule has 3 heterocycles. The van der Waals surface area contributed by atoms with Crippen molar-refractivity contribution in [3.05, 3.63) is 53.6 Å². The third-order valence-electron chi connectivity index (χ3n) is 8.09. The molecule has 2 amide bonds. The largest absolute Gasteiger partial charge is 0.465 e. The van der Waals surface area contributed by atoms with E-state index in [0.717, 1.165) is 51.0 Å². The average molecular weight is 448 g/mol. The maximum absolute atomic E-state index is 12.5. The van der Waals surface area contributed by atoms with E-state index in [1.165, 1.54) is 27.2 Å². The highest BCUT2D eigenvalue weighted by Gasteiger charge is 2.46. The number of carbonyl (C=O) groups is 2. The Hall–Kier alpha value is -2.86. The summed E-state index contributed by atoms with van der Waals surface area (Å²) in [5, 5.41) is 9.24. The molecule has 0 bridgehead atoms. The third-order valence-corrected chi connectivity index (χ3v) is 8.09. The van der Waals surface area contributed by atoms with E-state index in [9.17, 15) is 14.7 Å². The summed E-state index contributed by atoms with van der Waals surface area (Å²) in [6.07, 6.45) is 3.07. The monoisotopic (exact) mass is 447 g/mol. The highest BCUT2D eigenvalue weighted by atomic mass is 16.4. The Balaban J connectivity index is 1.37. The van der Waals surface area contributed by atoms with E-state index in [2.05, 4.69) is 54.3 Å². The van der Waals surface area contributed by atoms with Crippen molar-refractivity contribution < 1.29 is 14.7 Å². The van der Waals surface area contributed by atoms with Crippen molar-refractivity contribution in [2.24, 2.45) is 0 Å². The first-order valence-corrected chi connectivity index (χ1v) is 12.1. The molecule has 0 aliphatic carbocycles. The van der Waals surface area contributed by atoms with Crippen molar-refractivity contribution in [1.29, 1.82) is 0 Å². The number of piperidine rings is 2. The summed E-state index contributed by atoms with van der Waals surface area (Å²) < 4.78 is 0. The van der Waals surface area contributed by atoms with Crippen LogP contribution in [0.15, 0.2) is 42.5 Å². The molecule has 0 unspecified atom stereocenters. The number of likely N-dealkylation sites (tertiary alicyclic amines) is 2. The number of anilines is 1. The summed E-state index contributed by atoms with van der Waals surface area (Å²) >= 11 is 0. The number of hydrogen-bond acceptors (Lipinski definition) is 3. The molecule has 1 spiro atoms. The van der Waals surface area contributed by atoms with Gasteiger partial charge in [0.05, 0.1) is 0 Å². The van der Waals surface area contributed by atoms with Crippen molar-refractivity contribution in [2.75, 3.05) is 37.6 Å². The highest BCUT2D eigenvalue weighted by molar-refractivity contribution is 5.95.